The molecule has 2 aromatic rings. The highest BCUT2D eigenvalue weighted by atomic mass is 16.5. The van der Waals surface area contributed by atoms with E-state index < -0.39 is 5.60 Å². The predicted octanol–water partition coefficient (Wildman–Crippen LogP) is 2.39. The van der Waals surface area contributed by atoms with Crippen molar-refractivity contribution in [3.05, 3.63) is 35.7 Å². The van der Waals surface area contributed by atoms with E-state index in [-0.39, 0.29) is 0 Å². The Hall–Kier alpha value is -1.72. The Balaban J connectivity index is 1.64. The van der Waals surface area contributed by atoms with E-state index in [1.54, 1.807) is 0 Å². The summed E-state index contributed by atoms with van der Waals surface area (Å²) in [7, 11) is 0. The largest absolute Gasteiger partial charge is 0.390 e. The second-order valence-electron chi connectivity index (χ2n) is 6.15. The minimum absolute atomic E-state index is 0.527. The molecule has 1 aromatic carbocycles. The van der Waals surface area contributed by atoms with Gasteiger partial charge in [0.15, 0.2) is 5.82 Å². The van der Waals surface area contributed by atoms with E-state index in [4.69, 9.17) is 4.52 Å². The summed E-state index contributed by atoms with van der Waals surface area (Å²) in [6, 6.07) is 8.05. The van der Waals surface area contributed by atoms with Gasteiger partial charge >= 0.3 is 0 Å². The molecule has 0 unspecified atom stereocenters. The molecule has 0 amide bonds. The van der Waals surface area contributed by atoms with E-state index in [1.807, 2.05) is 38.1 Å². The van der Waals surface area contributed by atoms with Crippen molar-refractivity contribution < 1.29 is 9.63 Å². The molecule has 0 aliphatic carbocycles. The van der Waals surface area contributed by atoms with Crippen LogP contribution in [-0.4, -0.2) is 38.8 Å². The normalized spacial score (nSPS) is 18.8. The van der Waals surface area contributed by atoms with Crippen molar-refractivity contribution in [1.29, 1.82) is 0 Å². The van der Waals surface area contributed by atoms with Crippen LogP contribution in [0.2, 0.25) is 0 Å². The summed E-state index contributed by atoms with van der Waals surface area (Å²) in [6.07, 6.45) is 1.57. The first kappa shape index (κ1) is 14.2. The van der Waals surface area contributed by atoms with Gasteiger partial charge in [-0.2, -0.15) is 4.98 Å². The number of likely N-dealkylation sites (tertiary alicyclic amines) is 1. The van der Waals surface area contributed by atoms with Gasteiger partial charge in [-0.1, -0.05) is 22.9 Å². The van der Waals surface area contributed by atoms with E-state index >= 15 is 0 Å². The summed E-state index contributed by atoms with van der Waals surface area (Å²) in [5, 5.41) is 14.0. The third-order valence-corrected chi connectivity index (χ3v) is 4.06. The Labute approximate surface area is 124 Å². The van der Waals surface area contributed by atoms with Crippen molar-refractivity contribution in [3.63, 3.8) is 0 Å². The van der Waals surface area contributed by atoms with E-state index in [0.717, 1.165) is 31.5 Å². The van der Waals surface area contributed by atoms with Gasteiger partial charge in [0, 0.05) is 18.7 Å². The number of piperidine rings is 1. The first-order chi connectivity index (χ1) is 10.0. The average Bonchev–Trinajstić information content (AvgIpc) is 2.91. The van der Waals surface area contributed by atoms with Crippen LogP contribution >= 0.6 is 0 Å². The van der Waals surface area contributed by atoms with Gasteiger partial charge in [-0.25, -0.2) is 0 Å². The summed E-state index contributed by atoms with van der Waals surface area (Å²) in [4.78, 5) is 6.71. The van der Waals surface area contributed by atoms with Crippen LogP contribution < -0.4 is 0 Å². The summed E-state index contributed by atoms with van der Waals surface area (Å²) >= 11 is 0. The lowest BCUT2D eigenvalue weighted by Crippen LogP contribution is -2.42. The third-order valence-electron chi connectivity index (χ3n) is 4.06. The SMILES string of the molecule is Cc1ccc(-c2nc(CN3CCC(C)(O)CC3)no2)cc1. The molecule has 1 fully saturated rings. The van der Waals surface area contributed by atoms with Gasteiger partial charge in [0.25, 0.3) is 5.89 Å². The monoisotopic (exact) mass is 287 g/mol. The second-order valence-corrected chi connectivity index (χ2v) is 6.15. The first-order valence-corrected chi connectivity index (χ1v) is 7.36. The molecular formula is C16H21N3O2. The molecule has 21 heavy (non-hydrogen) atoms. The lowest BCUT2D eigenvalue weighted by atomic mass is 9.94. The maximum Gasteiger partial charge on any atom is 0.257 e. The molecule has 0 saturated carbocycles. The maximum absolute atomic E-state index is 9.96. The fourth-order valence-electron chi connectivity index (χ4n) is 2.52. The van der Waals surface area contributed by atoms with Crippen LogP contribution in [0.3, 0.4) is 0 Å². The molecule has 5 nitrogen and oxygen atoms in total. The van der Waals surface area contributed by atoms with E-state index in [9.17, 15) is 5.11 Å². The number of aromatic nitrogens is 2. The zero-order chi connectivity index (χ0) is 14.9. The molecule has 1 aliphatic heterocycles. The number of hydrogen-bond acceptors (Lipinski definition) is 5. The molecule has 1 saturated heterocycles. The Bertz CT molecular complexity index is 594. The Kier molecular flexibility index (Phi) is 3.78. The van der Waals surface area contributed by atoms with Crippen molar-refractivity contribution in [2.45, 2.75) is 38.8 Å². The van der Waals surface area contributed by atoms with Crippen molar-refractivity contribution in [2.75, 3.05) is 13.1 Å². The minimum atomic E-state index is -0.527. The van der Waals surface area contributed by atoms with Crippen molar-refractivity contribution in [2.24, 2.45) is 0 Å². The van der Waals surface area contributed by atoms with Gasteiger partial charge in [-0.15, -0.1) is 0 Å². The lowest BCUT2D eigenvalue weighted by molar-refractivity contribution is -0.00799. The van der Waals surface area contributed by atoms with Crippen LogP contribution in [0.4, 0.5) is 0 Å². The van der Waals surface area contributed by atoms with Crippen LogP contribution in [0, 0.1) is 6.92 Å². The van der Waals surface area contributed by atoms with E-state index in [0.29, 0.717) is 18.3 Å². The van der Waals surface area contributed by atoms with Crippen LogP contribution in [0.25, 0.3) is 11.5 Å². The second kappa shape index (κ2) is 5.58. The highest BCUT2D eigenvalue weighted by molar-refractivity contribution is 5.53. The molecule has 2 heterocycles. The van der Waals surface area contributed by atoms with Gasteiger partial charge in [-0.3, -0.25) is 4.90 Å². The smallest absolute Gasteiger partial charge is 0.257 e. The molecule has 1 N–H and O–H groups in total. The summed E-state index contributed by atoms with van der Waals surface area (Å²) in [6.45, 7) is 6.34. The van der Waals surface area contributed by atoms with Crippen LogP contribution in [0.1, 0.15) is 31.2 Å². The Morgan fingerprint density at radius 1 is 1.24 bits per heavy atom. The predicted molar refractivity (Wildman–Crippen MR) is 79.6 cm³/mol. The fraction of sp³-hybridized carbons (Fsp3) is 0.500. The standard InChI is InChI=1S/C16H21N3O2/c1-12-3-5-13(6-4-12)15-17-14(18-21-15)11-19-9-7-16(2,20)8-10-19/h3-6,20H,7-11H2,1-2H3. The topological polar surface area (TPSA) is 62.4 Å². The van der Waals surface area contributed by atoms with Crippen molar-refractivity contribution in [1.82, 2.24) is 15.0 Å². The number of hydrogen-bond donors (Lipinski definition) is 1. The van der Waals surface area contributed by atoms with Gasteiger partial charge in [-0.05, 0) is 38.8 Å². The molecular weight excluding hydrogens is 266 g/mol. The molecule has 0 atom stereocenters. The molecule has 112 valence electrons. The Morgan fingerprint density at radius 2 is 1.90 bits per heavy atom. The number of aryl methyl sites for hydroxylation is 1. The molecule has 1 aliphatic rings. The number of benzene rings is 1. The van der Waals surface area contributed by atoms with Gasteiger partial charge in [0.2, 0.25) is 0 Å². The first-order valence-electron chi connectivity index (χ1n) is 7.36. The van der Waals surface area contributed by atoms with Crippen LogP contribution in [0.15, 0.2) is 28.8 Å². The molecule has 3 rings (SSSR count). The summed E-state index contributed by atoms with van der Waals surface area (Å²) < 4.78 is 5.34. The van der Waals surface area contributed by atoms with Crippen molar-refractivity contribution in [3.8, 4) is 11.5 Å². The zero-order valence-corrected chi connectivity index (χ0v) is 12.5. The van der Waals surface area contributed by atoms with E-state index in [1.165, 1.54) is 5.56 Å². The van der Waals surface area contributed by atoms with Gasteiger partial charge in [0.05, 0.1) is 12.1 Å². The molecule has 0 spiro atoms. The van der Waals surface area contributed by atoms with Gasteiger partial charge in [0.1, 0.15) is 0 Å². The fourth-order valence-corrected chi connectivity index (χ4v) is 2.52. The highest BCUT2D eigenvalue weighted by Gasteiger charge is 2.27. The summed E-state index contributed by atoms with van der Waals surface area (Å²) in [5.41, 5.74) is 1.63. The molecule has 1 aromatic heterocycles. The quantitative estimate of drug-likeness (QED) is 0.939. The number of aliphatic hydroxyl groups is 1. The zero-order valence-electron chi connectivity index (χ0n) is 12.5. The van der Waals surface area contributed by atoms with Crippen molar-refractivity contribution >= 4 is 0 Å². The highest BCUT2D eigenvalue weighted by Crippen LogP contribution is 2.23. The lowest BCUT2D eigenvalue weighted by Gasteiger charge is -2.35. The van der Waals surface area contributed by atoms with Gasteiger partial charge < -0.3 is 9.63 Å². The van der Waals surface area contributed by atoms with Crippen LogP contribution in [0.5, 0.6) is 0 Å². The minimum Gasteiger partial charge on any atom is -0.390 e. The maximum atomic E-state index is 9.96. The Morgan fingerprint density at radius 3 is 2.57 bits per heavy atom. The molecule has 0 radical (unpaired) electrons. The summed E-state index contributed by atoms with van der Waals surface area (Å²) in [5.74, 6) is 1.26. The third kappa shape index (κ3) is 3.49. The average molecular weight is 287 g/mol. The number of nitrogens with zero attached hydrogens (tertiary/aromatic N) is 3. The van der Waals surface area contributed by atoms with E-state index in [2.05, 4.69) is 15.0 Å². The molecule has 5 heteroatoms. The van der Waals surface area contributed by atoms with Crippen LogP contribution in [-0.2, 0) is 6.54 Å². The molecule has 0 bridgehead atoms. The number of rotatable bonds is 3.